The monoisotopic (exact) mass is 315 g/mol. The molecule has 0 unspecified atom stereocenters. The van der Waals surface area contributed by atoms with Gasteiger partial charge in [0.05, 0.1) is 6.42 Å². The zero-order valence-electron chi connectivity index (χ0n) is 13.8. The first-order chi connectivity index (χ1) is 11.0. The molecule has 1 aliphatic rings. The lowest BCUT2D eigenvalue weighted by Gasteiger charge is -2.18. The molecule has 0 fully saturated rings. The predicted molar refractivity (Wildman–Crippen MR) is 92.4 cm³/mol. The molecule has 5 nitrogen and oxygen atoms in total. The van der Waals surface area contributed by atoms with E-state index < -0.39 is 0 Å². The lowest BCUT2D eigenvalue weighted by Crippen LogP contribution is -2.37. The van der Waals surface area contributed by atoms with E-state index >= 15 is 0 Å². The van der Waals surface area contributed by atoms with Gasteiger partial charge in [-0.05, 0) is 50.8 Å². The molecular weight excluding hydrogens is 290 g/mol. The molecule has 0 aliphatic heterocycles. The molecule has 0 heterocycles. The zero-order chi connectivity index (χ0) is 16.7. The van der Waals surface area contributed by atoms with E-state index in [0.29, 0.717) is 6.42 Å². The summed E-state index contributed by atoms with van der Waals surface area (Å²) in [5.74, 6) is 0.00235. The van der Waals surface area contributed by atoms with Crippen LogP contribution in [-0.2, 0) is 11.2 Å². The summed E-state index contributed by atoms with van der Waals surface area (Å²) < 4.78 is 0. The van der Waals surface area contributed by atoms with Crippen LogP contribution >= 0.6 is 0 Å². The second kappa shape index (κ2) is 8.36. The molecule has 0 aromatic heterocycles. The Morgan fingerprint density at radius 3 is 2.57 bits per heavy atom. The number of nitrogens with one attached hydrogen (secondary N) is 3. The van der Waals surface area contributed by atoms with Gasteiger partial charge in [0.2, 0.25) is 5.91 Å². The van der Waals surface area contributed by atoms with Crippen molar-refractivity contribution in [1.82, 2.24) is 10.6 Å². The Kier molecular flexibility index (Phi) is 6.20. The highest BCUT2D eigenvalue weighted by atomic mass is 16.2. The summed E-state index contributed by atoms with van der Waals surface area (Å²) >= 11 is 0. The molecule has 0 radical (unpaired) electrons. The van der Waals surface area contributed by atoms with E-state index in [9.17, 15) is 9.59 Å². The molecule has 0 saturated heterocycles. The second-order valence-corrected chi connectivity index (χ2v) is 6.16. The van der Waals surface area contributed by atoms with E-state index in [4.69, 9.17) is 0 Å². The van der Waals surface area contributed by atoms with Crippen molar-refractivity contribution in [2.75, 3.05) is 5.32 Å². The summed E-state index contributed by atoms with van der Waals surface area (Å²) in [6, 6.07) is 7.39. The van der Waals surface area contributed by atoms with Crippen molar-refractivity contribution in [3.63, 3.8) is 0 Å². The number of anilines is 1. The van der Waals surface area contributed by atoms with Gasteiger partial charge in [0, 0.05) is 17.8 Å². The molecule has 2 rings (SSSR count). The molecule has 124 valence electrons. The van der Waals surface area contributed by atoms with Crippen molar-refractivity contribution >= 4 is 17.6 Å². The molecule has 1 aliphatic carbocycles. The molecular formula is C18H25N3O2. The molecule has 5 heteroatoms. The topological polar surface area (TPSA) is 70.2 Å². The predicted octanol–water partition coefficient (Wildman–Crippen LogP) is 2.98. The number of benzene rings is 1. The fourth-order valence-electron chi connectivity index (χ4n) is 2.53. The first-order valence-electron chi connectivity index (χ1n) is 8.15. The van der Waals surface area contributed by atoms with Crippen LogP contribution in [0.3, 0.4) is 0 Å². The normalized spacial score (nSPS) is 16.9. The van der Waals surface area contributed by atoms with Crippen LogP contribution in [0, 0.1) is 0 Å². The minimum Gasteiger partial charge on any atom is -0.354 e. The van der Waals surface area contributed by atoms with Crippen molar-refractivity contribution in [1.29, 1.82) is 0 Å². The number of hydrogen-bond donors (Lipinski definition) is 3. The fraction of sp³-hybridized carbons (Fsp3) is 0.444. The van der Waals surface area contributed by atoms with E-state index in [1.807, 2.05) is 44.2 Å². The third-order valence-electron chi connectivity index (χ3n) is 3.60. The minimum absolute atomic E-state index is 0.00235. The summed E-state index contributed by atoms with van der Waals surface area (Å²) in [5, 5.41) is 8.61. The van der Waals surface area contributed by atoms with Crippen LogP contribution in [0.15, 0.2) is 36.4 Å². The van der Waals surface area contributed by atoms with Crippen LogP contribution in [0.1, 0.15) is 38.7 Å². The van der Waals surface area contributed by atoms with Crippen molar-refractivity contribution in [2.24, 2.45) is 0 Å². The average molecular weight is 315 g/mol. The Labute approximate surface area is 137 Å². The number of amides is 3. The van der Waals surface area contributed by atoms with E-state index in [-0.39, 0.29) is 24.0 Å². The summed E-state index contributed by atoms with van der Waals surface area (Å²) in [6.07, 6.45) is 7.66. The number of urea groups is 1. The number of carbonyl (C=O) groups excluding carboxylic acids is 2. The summed E-state index contributed by atoms with van der Waals surface area (Å²) in [4.78, 5) is 23.7. The van der Waals surface area contributed by atoms with Crippen LogP contribution in [0.25, 0.3) is 0 Å². The molecule has 1 atom stereocenters. The lowest BCUT2D eigenvalue weighted by atomic mass is 10.0. The molecule has 1 aromatic carbocycles. The molecule has 0 saturated carbocycles. The average Bonchev–Trinajstić information content (AvgIpc) is 2.49. The van der Waals surface area contributed by atoms with Crippen LogP contribution in [0.2, 0.25) is 0 Å². The zero-order valence-corrected chi connectivity index (χ0v) is 13.8. The molecule has 0 bridgehead atoms. The van der Waals surface area contributed by atoms with Gasteiger partial charge in [-0.2, -0.15) is 0 Å². The Morgan fingerprint density at radius 2 is 1.96 bits per heavy atom. The van der Waals surface area contributed by atoms with Crippen LogP contribution in [0.5, 0.6) is 0 Å². The standard InChI is InChI=1S/C18H25N3O2/c1-13(2)19-17(22)12-14-8-10-16(11-9-14)21-18(23)20-15-6-4-3-5-7-15/h4,6,8-11,13,15H,3,5,7,12H2,1-2H3,(H,19,22)(H2,20,21,23)/t15-/m1/s1. The summed E-state index contributed by atoms with van der Waals surface area (Å²) in [5.41, 5.74) is 1.64. The lowest BCUT2D eigenvalue weighted by molar-refractivity contribution is -0.120. The third-order valence-corrected chi connectivity index (χ3v) is 3.60. The number of allylic oxidation sites excluding steroid dienone is 1. The number of hydrogen-bond acceptors (Lipinski definition) is 2. The number of carbonyl (C=O) groups is 2. The van der Waals surface area contributed by atoms with Gasteiger partial charge < -0.3 is 16.0 Å². The molecule has 1 aromatic rings. The van der Waals surface area contributed by atoms with E-state index in [2.05, 4.69) is 22.0 Å². The van der Waals surface area contributed by atoms with Gasteiger partial charge in [0.25, 0.3) is 0 Å². The first kappa shape index (κ1) is 17.1. The third kappa shape index (κ3) is 6.14. The van der Waals surface area contributed by atoms with Crippen LogP contribution in [-0.4, -0.2) is 24.0 Å². The van der Waals surface area contributed by atoms with E-state index in [1.54, 1.807) is 0 Å². The summed E-state index contributed by atoms with van der Waals surface area (Å²) in [7, 11) is 0. The van der Waals surface area contributed by atoms with Gasteiger partial charge >= 0.3 is 6.03 Å². The highest BCUT2D eigenvalue weighted by molar-refractivity contribution is 5.89. The van der Waals surface area contributed by atoms with Crippen LogP contribution in [0.4, 0.5) is 10.5 Å². The minimum atomic E-state index is -0.202. The Hall–Kier alpha value is -2.30. The molecule has 0 spiro atoms. The second-order valence-electron chi connectivity index (χ2n) is 6.16. The SMILES string of the molecule is CC(C)NC(=O)Cc1ccc(NC(=O)N[C@@H]2C=CCCC2)cc1. The van der Waals surface area contributed by atoms with Crippen LogP contribution < -0.4 is 16.0 Å². The van der Waals surface area contributed by atoms with Crippen molar-refractivity contribution < 1.29 is 9.59 Å². The van der Waals surface area contributed by atoms with E-state index in [0.717, 1.165) is 30.5 Å². The quantitative estimate of drug-likeness (QED) is 0.731. The largest absolute Gasteiger partial charge is 0.354 e. The maximum absolute atomic E-state index is 11.9. The highest BCUT2D eigenvalue weighted by Crippen LogP contribution is 2.12. The first-order valence-corrected chi connectivity index (χ1v) is 8.15. The molecule has 23 heavy (non-hydrogen) atoms. The molecule has 3 N–H and O–H groups in total. The van der Waals surface area contributed by atoms with Gasteiger partial charge in [0.1, 0.15) is 0 Å². The Morgan fingerprint density at radius 1 is 1.22 bits per heavy atom. The molecule has 3 amide bonds. The fourth-order valence-corrected chi connectivity index (χ4v) is 2.53. The van der Waals surface area contributed by atoms with Gasteiger partial charge in [-0.15, -0.1) is 0 Å². The Bertz CT molecular complexity index is 564. The maximum atomic E-state index is 11.9. The smallest absolute Gasteiger partial charge is 0.319 e. The van der Waals surface area contributed by atoms with Gasteiger partial charge in [-0.3, -0.25) is 4.79 Å². The van der Waals surface area contributed by atoms with Crippen molar-refractivity contribution in [2.45, 2.75) is 51.6 Å². The van der Waals surface area contributed by atoms with E-state index in [1.165, 1.54) is 0 Å². The number of rotatable bonds is 5. The Balaban J connectivity index is 1.82. The van der Waals surface area contributed by atoms with Gasteiger partial charge in [-0.25, -0.2) is 4.79 Å². The highest BCUT2D eigenvalue weighted by Gasteiger charge is 2.11. The summed E-state index contributed by atoms with van der Waals surface area (Å²) in [6.45, 7) is 3.87. The van der Waals surface area contributed by atoms with Gasteiger partial charge in [-0.1, -0.05) is 24.3 Å². The van der Waals surface area contributed by atoms with Crippen molar-refractivity contribution in [3.05, 3.63) is 42.0 Å². The maximum Gasteiger partial charge on any atom is 0.319 e. The van der Waals surface area contributed by atoms with Crippen molar-refractivity contribution in [3.8, 4) is 0 Å². The van der Waals surface area contributed by atoms with Gasteiger partial charge in [0.15, 0.2) is 0 Å².